The highest BCUT2D eigenvalue weighted by molar-refractivity contribution is 4.85. The number of hydrogen-bond donors (Lipinski definition) is 1. The van der Waals surface area contributed by atoms with Crippen molar-refractivity contribution in [3.63, 3.8) is 0 Å². The second-order valence-corrected chi connectivity index (χ2v) is 6.04. The highest BCUT2D eigenvalue weighted by Gasteiger charge is 2.30. The second kappa shape index (κ2) is 7.46. The zero-order chi connectivity index (χ0) is 12.8. The van der Waals surface area contributed by atoms with Crippen molar-refractivity contribution < 1.29 is 0 Å². The van der Waals surface area contributed by atoms with Crippen molar-refractivity contribution >= 4 is 0 Å². The lowest BCUT2D eigenvalue weighted by Crippen LogP contribution is -2.53. The van der Waals surface area contributed by atoms with Crippen LogP contribution in [-0.4, -0.2) is 55.1 Å². The first-order valence-corrected chi connectivity index (χ1v) is 8.01. The first-order valence-electron chi connectivity index (χ1n) is 8.01. The zero-order valence-corrected chi connectivity index (χ0v) is 12.1. The van der Waals surface area contributed by atoms with Gasteiger partial charge in [-0.1, -0.05) is 26.2 Å². The summed E-state index contributed by atoms with van der Waals surface area (Å²) in [7, 11) is 0. The van der Waals surface area contributed by atoms with Gasteiger partial charge in [-0.15, -0.1) is 0 Å². The minimum Gasteiger partial charge on any atom is -0.330 e. The number of rotatable bonds is 5. The van der Waals surface area contributed by atoms with Gasteiger partial charge >= 0.3 is 0 Å². The van der Waals surface area contributed by atoms with Gasteiger partial charge in [-0.3, -0.25) is 4.90 Å². The minimum atomic E-state index is 0.834. The van der Waals surface area contributed by atoms with Crippen LogP contribution in [0.2, 0.25) is 0 Å². The van der Waals surface area contributed by atoms with E-state index >= 15 is 0 Å². The van der Waals surface area contributed by atoms with Gasteiger partial charge in [0, 0.05) is 32.2 Å². The molecule has 0 bridgehead atoms. The Labute approximate surface area is 113 Å². The predicted octanol–water partition coefficient (Wildman–Crippen LogP) is 1.92. The highest BCUT2D eigenvalue weighted by atomic mass is 15.3. The molecule has 2 unspecified atom stereocenters. The molecule has 1 aliphatic heterocycles. The first kappa shape index (κ1) is 14.3. The quantitative estimate of drug-likeness (QED) is 0.812. The maximum Gasteiger partial charge on any atom is 0.0124 e. The van der Waals surface area contributed by atoms with Crippen molar-refractivity contribution in [3.05, 3.63) is 0 Å². The fourth-order valence-electron chi connectivity index (χ4n) is 3.78. The van der Waals surface area contributed by atoms with Crippen LogP contribution in [0.15, 0.2) is 0 Å². The maximum absolute atomic E-state index is 5.59. The van der Waals surface area contributed by atoms with Gasteiger partial charge in [0.1, 0.15) is 0 Å². The second-order valence-electron chi connectivity index (χ2n) is 6.04. The Morgan fingerprint density at radius 2 is 1.78 bits per heavy atom. The number of nitrogens with two attached hydrogens (primary N) is 1. The highest BCUT2D eigenvalue weighted by Crippen LogP contribution is 2.31. The lowest BCUT2D eigenvalue weighted by Gasteiger charge is -2.44. The van der Waals surface area contributed by atoms with Crippen molar-refractivity contribution in [1.29, 1.82) is 0 Å². The molecule has 0 amide bonds. The van der Waals surface area contributed by atoms with Crippen LogP contribution in [0, 0.1) is 5.92 Å². The summed E-state index contributed by atoms with van der Waals surface area (Å²) < 4.78 is 0. The Balaban J connectivity index is 1.77. The molecule has 1 saturated carbocycles. The van der Waals surface area contributed by atoms with E-state index in [0.717, 1.165) is 24.9 Å². The molecule has 2 aliphatic rings. The molecule has 2 N–H and O–H groups in total. The third kappa shape index (κ3) is 3.69. The van der Waals surface area contributed by atoms with Crippen LogP contribution >= 0.6 is 0 Å². The van der Waals surface area contributed by atoms with E-state index < -0.39 is 0 Å². The first-order chi connectivity index (χ1) is 8.85. The third-order valence-corrected chi connectivity index (χ3v) is 4.95. The lowest BCUT2D eigenvalue weighted by molar-refractivity contribution is 0.0483. The summed E-state index contributed by atoms with van der Waals surface area (Å²) in [6.07, 6.45) is 8.36. The monoisotopic (exact) mass is 253 g/mol. The molecule has 2 atom stereocenters. The minimum absolute atomic E-state index is 0.834. The average molecular weight is 253 g/mol. The summed E-state index contributed by atoms with van der Waals surface area (Å²) in [6.45, 7) is 9.49. The molecule has 1 saturated heterocycles. The average Bonchev–Trinajstić information content (AvgIpc) is 2.45. The van der Waals surface area contributed by atoms with Gasteiger partial charge in [-0.05, 0) is 38.3 Å². The van der Waals surface area contributed by atoms with Crippen LogP contribution in [0.5, 0.6) is 0 Å². The van der Waals surface area contributed by atoms with Crippen molar-refractivity contribution in [2.45, 2.75) is 51.5 Å². The number of hydrogen-bond acceptors (Lipinski definition) is 3. The zero-order valence-electron chi connectivity index (χ0n) is 12.1. The van der Waals surface area contributed by atoms with Crippen LogP contribution in [-0.2, 0) is 0 Å². The van der Waals surface area contributed by atoms with Gasteiger partial charge in [0.25, 0.3) is 0 Å². The Morgan fingerprint density at radius 3 is 2.44 bits per heavy atom. The Bertz CT molecular complexity index is 224. The van der Waals surface area contributed by atoms with Gasteiger partial charge in [0.05, 0.1) is 0 Å². The fraction of sp³-hybridized carbons (Fsp3) is 1.00. The normalized spacial score (nSPS) is 31.7. The molecular formula is C15H31N3. The van der Waals surface area contributed by atoms with Crippen LogP contribution < -0.4 is 5.73 Å². The lowest BCUT2D eigenvalue weighted by atomic mass is 9.81. The Hall–Kier alpha value is -0.120. The summed E-state index contributed by atoms with van der Waals surface area (Å²) in [4.78, 5) is 5.37. The fourth-order valence-corrected chi connectivity index (χ4v) is 3.78. The molecule has 18 heavy (non-hydrogen) atoms. The van der Waals surface area contributed by atoms with Crippen molar-refractivity contribution in [3.8, 4) is 0 Å². The molecule has 2 rings (SSSR count). The largest absolute Gasteiger partial charge is 0.330 e. The molecular weight excluding hydrogens is 222 g/mol. The van der Waals surface area contributed by atoms with E-state index in [9.17, 15) is 0 Å². The molecule has 0 radical (unpaired) electrons. The SMILES string of the molecule is CCC1CCCCC1N1CCN(CCCN)CC1. The van der Waals surface area contributed by atoms with Crippen molar-refractivity contribution in [1.82, 2.24) is 9.80 Å². The molecule has 1 aliphatic carbocycles. The van der Waals surface area contributed by atoms with Gasteiger partial charge in [-0.25, -0.2) is 0 Å². The molecule has 3 nitrogen and oxygen atoms in total. The summed E-state index contributed by atoms with van der Waals surface area (Å²) in [5, 5.41) is 0. The topological polar surface area (TPSA) is 32.5 Å². The van der Waals surface area contributed by atoms with Crippen LogP contribution in [0.25, 0.3) is 0 Å². The van der Waals surface area contributed by atoms with Crippen LogP contribution in [0.1, 0.15) is 45.4 Å². The van der Waals surface area contributed by atoms with Gasteiger partial charge in [-0.2, -0.15) is 0 Å². The maximum atomic E-state index is 5.59. The number of piperazine rings is 1. The van der Waals surface area contributed by atoms with E-state index in [4.69, 9.17) is 5.73 Å². The molecule has 0 spiro atoms. The predicted molar refractivity (Wildman–Crippen MR) is 77.7 cm³/mol. The van der Waals surface area contributed by atoms with E-state index in [2.05, 4.69) is 16.7 Å². The standard InChI is InChI=1S/C15H31N3/c1-2-14-6-3-4-7-15(14)18-12-10-17(11-13-18)9-5-8-16/h14-15H,2-13,16H2,1H3. The van der Waals surface area contributed by atoms with E-state index in [-0.39, 0.29) is 0 Å². The molecule has 0 aromatic carbocycles. The molecule has 2 fully saturated rings. The molecule has 0 aromatic rings. The van der Waals surface area contributed by atoms with E-state index in [1.807, 2.05) is 0 Å². The van der Waals surface area contributed by atoms with Crippen LogP contribution in [0.3, 0.4) is 0 Å². The molecule has 1 heterocycles. The molecule has 3 heteroatoms. The van der Waals surface area contributed by atoms with Gasteiger partial charge in [0.2, 0.25) is 0 Å². The molecule has 0 aromatic heterocycles. The van der Waals surface area contributed by atoms with Crippen LogP contribution in [0.4, 0.5) is 0 Å². The summed E-state index contributed by atoms with van der Waals surface area (Å²) >= 11 is 0. The van der Waals surface area contributed by atoms with E-state index in [0.29, 0.717) is 0 Å². The van der Waals surface area contributed by atoms with Gasteiger partial charge in [0.15, 0.2) is 0 Å². The van der Waals surface area contributed by atoms with E-state index in [1.165, 1.54) is 64.8 Å². The summed E-state index contributed by atoms with van der Waals surface area (Å²) in [5.74, 6) is 0.967. The Kier molecular flexibility index (Phi) is 5.93. The van der Waals surface area contributed by atoms with Gasteiger partial charge < -0.3 is 10.6 Å². The third-order valence-electron chi connectivity index (χ3n) is 4.95. The van der Waals surface area contributed by atoms with Crippen molar-refractivity contribution in [2.75, 3.05) is 39.3 Å². The van der Waals surface area contributed by atoms with E-state index in [1.54, 1.807) is 0 Å². The molecule has 106 valence electrons. The summed E-state index contributed by atoms with van der Waals surface area (Å²) in [5.41, 5.74) is 5.59. The Morgan fingerprint density at radius 1 is 1.06 bits per heavy atom. The smallest absolute Gasteiger partial charge is 0.0124 e. The van der Waals surface area contributed by atoms with Crippen molar-refractivity contribution in [2.24, 2.45) is 11.7 Å². The number of nitrogens with zero attached hydrogens (tertiary/aromatic N) is 2. The summed E-state index contributed by atoms with van der Waals surface area (Å²) in [6, 6.07) is 0.889.